The van der Waals surface area contributed by atoms with Crippen LogP contribution in [0.1, 0.15) is 59.9 Å². The van der Waals surface area contributed by atoms with Crippen molar-refractivity contribution in [1.82, 2.24) is 20.3 Å². The van der Waals surface area contributed by atoms with Crippen LogP contribution >= 0.6 is 0 Å². The number of hydrogen-bond acceptors (Lipinski definition) is 6. The van der Waals surface area contributed by atoms with Crippen LogP contribution in [0.4, 0.5) is 14.7 Å². The van der Waals surface area contributed by atoms with E-state index >= 15 is 0 Å². The van der Waals surface area contributed by atoms with Crippen LogP contribution in [0.25, 0.3) is 0 Å². The number of carbonyl (C=O) groups excluding carboxylic acids is 2. The van der Waals surface area contributed by atoms with Crippen molar-refractivity contribution in [2.45, 2.75) is 52.5 Å². The van der Waals surface area contributed by atoms with E-state index < -0.39 is 18.9 Å². The van der Waals surface area contributed by atoms with E-state index in [1.807, 2.05) is 13.8 Å². The van der Waals surface area contributed by atoms with Crippen molar-refractivity contribution < 1.29 is 23.1 Å². The van der Waals surface area contributed by atoms with Gasteiger partial charge >= 0.3 is 0 Å². The van der Waals surface area contributed by atoms with Crippen molar-refractivity contribution in [2.24, 2.45) is 5.92 Å². The molecule has 166 valence electrons. The average Bonchev–Trinajstić information content (AvgIpc) is 3.55. The van der Waals surface area contributed by atoms with E-state index in [2.05, 4.69) is 25.6 Å². The molecule has 1 aliphatic carbocycles. The van der Waals surface area contributed by atoms with E-state index in [9.17, 15) is 18.4 Å². The summed E-state index contributed by atoms with van der Waals surface area (Å²) in [4.78, 5) is 36.9. The predicted molar refractivity (Wildman–Crippen MR) is 109 cm³/mol. The van der Waals surface area contributed by atoms with Gasteiger partial charge in [0.05, 0.1) is 0 Å². The maximum Gasteiger partial charge on any atom is 0.272 e. The maximum atomic E-state index is 12.6. The average molecular weight is 433 g/mol. The quantitative estimate of drug-likeness (QED) is 0.629. The SMILES string of the molecule is Cc1cc(C(=O)NCc2cnc(OCC(F)F)c(C(C)C)c2)nc(NC(=O)C2CC2)n1. The van der Waals surface area contributed by atoms with Gasteiger partial charge in [-0.15, -0.1) is 0 Å². The van der Waals surface area contributed by atoms with Crippen molar-refractivity contribution in [1.29, 1.82) is 0 Å². The largest absolute Gasteiger partial charge is 0.471 e. The van der Waals surface area contributed by atoms with Crippen molar-refractivity contribution >= 4 is 17.8 Å². The number of carbonyl (C=O) groups is 2. The molecule has 8 nitrogen and oxygen atoms in total. The summed E-state index contributed by atoms with van der Waals surface area (Å²) in [6.45, 7) is 4.94. The van der Waals surface area contributed by atoms with Crippen LogP contribution in [0.5, 0.6) is 5.88 Å². The Balaban J connectivity index is 1.66. The van der Waals surface area contributed by atoms with Crippen LogP contribution in [0, 0.1) is 12.8 Å². The molecular weight excluding hydrogens is 408 g/mol. The lowest BCUT2D eigenvalue weighted by molar-refractivity contribution is -0.117. The van der Waals surface area contributed by atoms with Gasteiger partial charge in [-0.3, -0.25) is 14.9 Å². The zero-order chi connectivity index (χ0) is 22.5. The Hall–Kier alpha value is -3.17. The third kappa shape index (κ3) is 6.40. The summed E-state index contributed by atoms with van der Waals surface area (Å²) in [5.74, 6) is -0.316. The van der Waals surface area contributed by atoms with Gasteiger partial charge in [-0.2, -0.15) is 0 Å². The Bertz CT molecular complexity index is 964. The number of amides is 2. The van der Waals surface area contributed by atoms with Crippen molar-refractivity contribution in [3.8, 4) is 5.88 Å². The molecule has 0 saturated heterocycles. The fourth-order valence-corrected chi connectivity index (χ4v) is 2.86. The third-order valence-corrected chi connectivity index (χ3v) is 4.63. The van der Waals surface area contributed by atoms with Crippen LogP contribution in [0.2, 0.25) is 0 Å². The molecule has 2 aromatic heterocycles. The molecule has 3 rings (SSSR count). The van der Waals surface area contributed by atoms with E-state index in [1.54, 1.807) is 13.0 Å². The van der Waals surface area contributed by atoms with Crippen LogP contribution in [0.15, 0.2) is 18.3 Å². The first-order chi connectivity index (χ1) is 14.7. The number of ether oxygens (including phenoxy) is 1. The first-order valence-electron chi connectivity index (χ1n) is 10.1. The van der Waals surface area contributed by atoms with E-state index in [4.69, 9.17) is 4.74 Å². The molecular formula is C21H25F2N5O3. The highest BCUT2D eigenvalue weighted by Crippen LogP contribution is 2.29. The summed E-state index contributed by atoms with van der Waals surface area (Å²) in [6, 6.07) is 3.30. The lowest BCUT2D eigenvalue weighted by atomic mass is 10.0. The minimum Gasteiger partial charge on any atom is -0.471 e. The smallest absolute Gasteiger partial charge is 0.272 e. The number of nitrogens with zero attached hydrogens (tertiary/aromatic N) is 3. The molecule has 0 atom stereocenters. The highest BCUT2D eigenvalue weighted by Gasteiger charge is 2.30. The zero-order valence-electron chi connectivity index (χ0n) is 17.6. The van der Waals surface area contributed by atoms with Gasteiger partial charge in [-0.05, 0) is 43.4 Å². The van der Waals surface area contributed by atoms with Gasteiger partial charge in [-0.1, -0.05) is 13.8 Å². The van der Waals surface area contributed by atoms with E-state index in [0.717, 1.165) is 12.8 Å². The summed E-state index contributed by atoms with van der Waals surface area (Å²) in [5, 5.41) is 5.39. The lowest BCUT2D eigenvalue weighted by Crippen LogP contribution is -2.25. The minimum atomic E-state index is -2.59. The summed E-state index contributed by atoms with van der Waals surface area (Å²) in [5.41, 5.74) is 2.05. The van der Waals surface area contributed by atoms with Crippen LogP contribution < -0.4 is 15.4 Å². The Morgan fingerprint density at radius 3 is 2.61 bits per heavy atom. The molecule has 2 amide bonds. The Labute approximate surface area is 178 Å². The Morgan fingerprint density at radius 2 is 1.97 bits per heavy atom. The predicted octanol–water partition coefficient (Wildman–Crippen LogP) is 3.23. The molecule has 0 radical (unpaired) electrons. The normalized spacial score (nSPS) is 13.4. The second-order valence-corrected chi connectivity index (χ2v) is 7.76. The zero-order valence-corrected chi connectivity index (χ0v) is 17.6. The highest BCUT2D eigenvalue weighted by molar-refractivity contribution is 5.95. The molecule has 0 spiro atoms. The molecule has 0 aliphatic heterocycles. The summed E-state index contributed by atoms with van der Waals surface area (Å²) in [6.07, 6.45) is 0.586. The molecule has 1 aliphatic rings. The summed E-state index contributed by atoms with van der Waals surface area (Å²) in [7, 11) is 0. The molecule has 10 heteroatoms. The van der Waals surface area contributed by atoms with E-state index in [-0.39, 0.29) is 41.8 Å². The monoisotopic (exact) mass is 433 g/mol. The summed E-state index contributed by atoms with van der Waals surface area (Å²) >= 11 is 0. The second-order valence-electron chi connectivity index (χ2n) is 7.76. The van der Waals surface area contributed by atoms with E-state index in [1.165, 1.54) is 12.3 Å². The number of rotatable bonds is 9. The third-order valence-electron chi connectivity index (χ3n) is 4.63. The van der Waals surface area contributed by atoms with Gasteiger partial charge in [-0.25, -0.2) is 23.7 Å². The number of pyridine rings is 1. The molecule has 0 aromatic carbocycles. The number of anilines is 1. The molecule has 31 heavy (non-hydrogen) atoms. The maximum absolute atomic E-state index is 12.6. The van der Waals surface area contributed by atoms with Gasteiger partial charge in [0.15, 0.2) is 6.61 Å². The van der Waals surface area contributed by atoms with Crippen molar-refractivity contribution in [3.05, 3.63) is 40.8 Å². The fourth-order valence-electron chi connectivity index (χ4n) is 2.86. The standard InChI is InChI=1S/C21H25F2N5O3/c1-11(2)15-7-13(9-25-20(15)31-10-17(22)23)8-24-19(30)16-6-12(3)26-21(27-16)28-18(29)14-4-5-14/h6-7,9,11,14,17H,4-5,8,10H2,1-3H3,(H,24,30)(H,26,27,28,29). The molecule has 2 N–H and O–H groups in total. The Morgan fingerprint density at radius 1 is 1.23 bits per heavy atom. The van der Waals surface area contributed by atoms with Crippen LogP contribution in [-0.2, 0) is 11.3 Å². The number of aryl methyl sites for hydroxylation is 1. The van der Waals surface area contributed by atoms with Gasteiger partial charge in [0, 0.05) is 29.9 Å². The first kappa shape index (κ1) is 22.5. The van der Waals surface area contributed by atoms with Gasteiger partial charge < -0.3 is 10.1 Å². The molecule has 2 heterocycles. The molecule has 0 unspecified atom stereocenters. The molecule has 1 fully saturated rings. The van der Waals surface area contributed by atoms with Gasteiger partial charge in [0.1, 0.15) is 5.69 Å². The number of alkyl halides is 2. The topological polar surface area (TPSA) is 106 Å². The van der Waals surface area contributed by atoms with Gasteiger partial charge in [0.2, 0.25) is 17.7 Å². The number of nitrogens with one attached hydrogen (secondary N) is 2. The minimum absolute atomic E-state index is 0.00188. The van der Waals surface area contributed by atoms with Crippen LogP contribution in [0.3, 0.4) is 0 Å². The highest BCUT2D eigenvalue weighted by atomic mass is 19.3. The number of hydrogen-bond donors (Lipinski definition) is 2. The summed E-state index contributed by atoms with van der Waals surface area (Å²) < 4.78 is 30.0. The molecule has 0 bridgehead atoms. The number of aromatic nitrogens is 3. The van der Waals surface area contributed by atoms with Gasteiger partial charge in [0.25, 0.3) is 12.3 Å². The fraction of sp³-hybridized carbons (Fsp3) is 0.476. The Kier molecular flexibility index (Phi) is 7.09. The molecule has 2 aromatic rings. The van der Waals surface area contributed by atoms with E-state index in [0.29, 0.717) is 16.8 Å². The molecule has 1 saturated carbocycles. The van der Waals surface area contributed by atoms with Crippen LogP contribution in [-0.4, -0.2) is 39.8 Å². The van der Waals surface area contributed by atoms with Crippen molar-refractivity contribution in [3.63, 3.8) is 0 Å². The lowest BCUT2D eigenvalue weighted by Gasteiger charge is -2.14. The first-order valence-corrected chi connectivity index (χ1v) is 10.1. The second kappa shape index (κ2) is 9.76. The number of halogens is 2. The van der Waals surface area contributed by atoms with Crippen molar-refractivity contribution in [2.75, 3.05) is 11.9 Å².